The molecule has 0 aliphatic heterocycles. The fourth-order valence-corrected chi connectivity index (χ4v) is 2.61. The summed E-state index contributed by atoms with van der Waals surface area (Å²) < 4.78 is 10.4. The third kappa shape index (κ3) is 5.44. The highest BCUT2D eigenvalue weighted by atomic mass is 16.5. The highest BCUT2D eigenvalue weighted by Crippen LogP contribution is 2.15. The second-order valence-corrected chi connectivity index (χ2v) is 5.79. The molecule has 0 aliphatic carbocycles. The van der Waals surface area contributed by atoms with Crippen LogP contribution < -0.4 is 9.47 Å². The second-order valence-electron chi connectivity index (χ2n) is 5.79. The van der Waals surface area contributed by atoms with E-state index in [0.717, 1.165) is 30.1 Å². The maximum atomic E-state index is 5.19. The number of ether oxygens (including phenoxy) is 2. The molecule has 0 aliphatic rings. The van der Waals surface area contributed by atoms with E-state index in [2.05, 4.69) is 38.1 Å². The molecule has 0 saturated carbocycles. The highest BCUT2D eigenvalue weighted by molar-refractivity contribution is 5.84. The van der Waals surface area contributed by atoms with Gasteiger partial charge in [0.25, 0.3) is 0 Å². The smallest absolute Gasteiger partial charge is 0.118 e. The molecule has 1 unspecified atom stereocenters. The molecule has 122 valence electrons. The lowest BCUT2D eigenvalue weighted by Gasteiger charge is -2.10. The first-order chi connectivity index (χ1) is 11.1. The molecule has 0 saturated heterocycles. The van der Waals surface area contributed by atoms with Crippen molar-refractivity contribution in [3.63, 3.8) is 0 Å². The Morgan fingerprint density at radius 2 is 1.35 bits per heavy atom. The van der Waals surface area contributed by atoms with Gasteiger partial charge in [-0.3, -0.25) is 4.99 Å². The van der Waals surface area contributed by atoms with Crippen LogP contribution in [0.2, 0.25) is 0 Å². The van der Waals surface area contributed by atoms with Crippen LogP contribution in [0.4, 0.5) is 0 Å². The van der Waals surface area contributed by atoms with E-state index in [-0.39, 0.29) is 6.04 Å². The van der Waals surface area contributed by atoms with E-state index in [0.29, 0.717) is 0 Å². The zero-order valence-corrected chi connectivity index (χ0v) is 14.4. The van der Waals surface area contributed by atoms with E-state index < -0.39 is 0 Å². The Morgan fingerprint density at radius 3 is 1.83 bits per heavy atom. The number of methoxy groups -OCH3 is 2. The van der Waals surface area contributed by atoms with Gasteiger partial charge in [-0.05, 0) is 55.7 Å². The number of aliphatic imine (C=N–C) groups is 1. The van der Waals surface area contributed by atoms with Gasteiger partial charge in [0.15, 0.2) is 0 Å². The molecule has 2 aromatic rings. The summed E-state index contributed by atoms with van der Waals surface area (Å²) in [5, 5.41) is 0. The van der Waals surface area contributed by atoms with Gasteiger partial charge in [-0.1, -0.05) is 24.3 Å². The Bertz CT molecular complexity index is 630. The molecule has 3 heteroatoms. The predicted octanol–water partition coefficient (Wildman–Crippen LogP) is 4.34. The van der Waals surface area contributed by atoms with Gasteiger partial charge in [0, 0.05) is 12.1 Å². The number of hydrogen-bond acceptors (Lipinski definition) is 3. The van der Waals surface area contributed by atoms with Crippen molar-refractivity contribution in [2.24, 2.45) is 4.99 Å². The van der Waals surface area contributed by atoms with Crippen molar-refractivity contribution < 1.29 is 9.47 Å². The van der Waals surface area contributed by atoms with Gasteiger partial charge in [-0.15, -0.1) is 0 Å². The lowest BCUT2D eigenvalue weighted by molar-refractivity contribution is 0.414. The average molecular weight is 311 g/mol. The van der Waals surface area contributed by atoms with E-state index in [1.165, 1.54) is 11.1 Å². The summed E-state index contributed by atoms with van der Waals surface area (Å²) in [5.41, 5.74) is 3.68. The van der Waals surface area contributed by atoms with E-state index in [1.807, 2.05) is 24.3 Å². The van der Waals surface area contributed by atoms with Crippen LogP contribution in [0, 0.1) is 0 Å². The Hall–Kier alpha value is -2.29. The minimum absolute atomic E-state index is 0.265. The molecule has 3 nitrogen and oxygen atoms in total. The molecular formula is C20H25NO2. The molecule has 0 fully saturated rings. The fraction of sp³-hybridized carbons (Fsp3) is 0.350. The van der Waals surface area contributed by atoms with E-state index in [1.54, 1.807) is 14.2 Å². The zero-order chi connectivity index (χ0) is 16.7. The van der Waals surface area contributed by atoms with Crippen LogP contribution in [0.1, 0.15) is 25.0 Å². The summed E-state index contributed by atoms with van der Waals surface area (Å²) in [6, 6.07) is 16.6. The summed E-state index contributed by atoms with van der Waals surface area (Å²) in [4.78, 5) is 4.81. The summed E-state index contributed by atoms with van der Waals surface area (Å²) >= 11 is 0. The fourth-order valence-electron chi connectivity index (χ4n) is 2.61. The Labute approximate surface area is 139 Å². The highest BCUT2D eigenvalue weighted by Gasteiger charge is 2.04. The number of hydrogen-bond donors (Lipinski definition) is 0. The van der Waals surface area contributed by atoms with Crippen molar-refractivity contribution in [1.29, 1.82) is 0 Å². The van der Waals surface area contributed by atoms with Gasteiger partial charge in [-0.2, -0.15) is 0 Å². The van der Waals surface area contributed by atoms with Crippen LogP contribution in [0.15, 0.2) is 53.5 Å². The molecule has 23 heavy (non-hydrogen) atoms. The van der Waals surface area contributed by atoms with Crippen LogP contribution in [0.5, 0.6) is 11.5 Å². The minimum atomic E-state index is 0.265. The molecule has 2 aromatic carbocycles. The van der Waals surface area contributed by atoms with Gasteiger partial charge in [0.2, 0.25) is 0 Å². The molecule has 0 bridgehead atoms. The molecule has 2 rings (SSSR count). The maximum absolute atomic E-state index is 5.19. The first-order valence-corrected chi connectivity index (χ1v) is 7.90. The minimum Gasteiger partial charge on any atom is -0.497 e. The van der Waals surface area contributed by atoms with Crippen LogP contribution in [-0.2, 0) is 12.8 Å². The van der Waals surface area contributed by atoms with Crippen LogP contribution in [0.25, 0.3) is 0 Å². The van der Waals surface area contributed by atoms with Crippen molar-refractivity contribution >= 4 is 5.71 Å². The maximum Gasteiger partial charge on any atom is 0.118 e. The van der Waals surface area contributed by atoms with Crippen molar-refractivity contribution in [2.45, 2.75) is 32.7 Å². The Morgan fingerprint density at radius 1 is 0.870 bits per heavy atom. The van der Waals surface area contributed by atoms with Crippen molar-refractivity contribution in [3.8, 4) is 11.5 Å². The summed E-state index contributed by atoms with van der Waals surface area (Å²) in [6.07, 6.45) is 1.81. The first-order valence-electron chi connectivity index (χ1n) is 7.90. The third-order valence-corrected chi connectivity index (χ3v) is 3.75. The van der Waals surface area contributed by atoms with Crippen molar-refractivity contribution in [3.05, 3.63) is 59.7 Å². The van der Waals surface area contributed by atoms with Crippen LogP contribution >= 0.6 is 0 Å². The monoisotopic (exact) mass is 311 g/mol. The van der Waals surface area contributed by atoms with E-state index in [9.17, 15) is 0 Å². The molecule has 1 atom stereocenters. The SMILES string of the molecule is COc1ccc(CC(C)=NC(C)Cc2ccc(OC)cc2)cc1. The lowest BCUT2D eigenvalue weighted by Crippen LogP contribution is -2.08. The van der Waals surface area contributed by atoms with Gasteiger partial charge >= 0.3 is 0 Å². The molecule has 0 heterocycles. The summed E-state index contributed by atoms with van der Waals surface area (Å²) in [6.45, 7) is 4.25. The number of benzene rings is 2. The van der Waals surface area contributed by atoms with Gasteiger partial charge in [-0.25, -0.2) is 0 Å². The normalized spacial score (nSPS) is 12.8. The summed E-state index contributed by atoms with van der Waals surface area (Å²) in [5.74, 6) is 1.77. The standard InChI is InChI=1S/C20H25NO2/c1-15(13-17-5-9-19(22-3)10-6-17)21-16(2)14-18-7-11-20(23-4)12-8-18/h5-12,15H,13-14H2,1-4H3. The lowest BCUT2D eigenvalue weighted by atomic mass is 10.1. The zero-order valence-electron chi connectivity index (χ0n) is 14.4. The molecule has 0 aromatic heterocycles. The number of nitrogens with zero attached hydrogens (tertiary/aromatic N) is 1. The van der Waals surface area contributed by atoms with Crippen LogP contribution in [0.3, 0.4) is 0 Å². The molecule has 0 amide bonds. The van der Waals surface area contributed by atoms with Crippen molar-refractivity contribution in [2.75, 3.05) is 14.2 Å². The van der Waals surface area contributed by atoms with Gasteiger partial charge in [0.1, 0.15) is 11.5 Å². The molecule has 0 N–H and O–H groups in total. The van der Waals surface area contributed by atoms with Gasteiger partial charge in [0.05, 0.1) is 20.3 Å². The van der Waals surface area contributed by atoms with E-state index >= 15 is 0 Å². The van der Waals surface area contributed by atoms with Crippen molar-refractivity contribution in [1.82, 2.24) is 0 Å². The third-order valence-electron chi connectivity index (χ3n) is 3.75. The Balaban J connectivity index is 1.92. The quantitative estimate of drug-likeness (QED) is 0.712. The average Bonchev–Trinajstić information content (AvgIpc) is 2.56. The largest absolute Gasteiger partial charge is 0.497 e. The number of rotatable bonds is 7. The molecule has 0 radical (unpaired) electrons. The topological polar surface area (TPSA) is 30.8 Å². The second kappa shape index (κ2) is 8.37. The molecule has 0 spiro atoms. The predicted molar refractivity (Wildman–Crippen MR) is 96.0 cm³/mol. The Kier molecular flexibility index (Phi) is 6.21. The van der Waals surface area contributed by atoms with Crippen LogP contribution in [-0.4, -0.2) is 26.0 Å². The molecular weight excluding hydrogens is 286 g/mol. The van der Waals surface area contributed by atoms with E-state index in [4.69, 9.17) is 14.5 Å². The first kappa shape index (κ1) is 17.1. The van der Waals surface area contributed by atoms with Gasteiger partial charge < -0.3 is 9.47 Å². The summed E-state index contributed by atoms with van der Waals surface area (Å²) in [7, 11) is 3.37.